The summed E-state index contributed by atoms with van der Waals surface area (Å²) in [5.41, 5.74) is 3.61. The van der Waals surface area contributed by atoms with Crippen LogP contribution in [-0.4, -0.2) is 17.4 Å². The first kappa shape index (κ1) is 11.3. The van der Waals surface area contributed by atoms with Crippen molar-refractivity contribution in [3.05, 3.63) is 41.1 Å². The SMILES string of the molecule is Cn1cc(C2C=C(C=O)C=CC2)c2c1NCCC2. The van der Waals surface area contributed by atoms with Crippen molar-refractivity contribution < 1.29 is 4.79 Å². The number of carbonyl (C=O) groups is 1. The standard InChI is InChI=1S/C15H18N2O/c1-17-9-14(13-6-3-7-16-15(13)17)12-5-2-4-11(8-12)10-18/h2,4,8-10,12,16H,3,5-7H2,1H3. The van der Waals surface area contributed by atoms with Gasteiger partial charge in [-0.25, -0.2) is 0 Å². The van der Waals surface area contributed by atoms with Crippen LogP contribution < -0.4 is 5.32 Å². The Morgan fingerprint density at radius 1 is 1.50 bits per heavy atom. The zero-order valence-electron chi connectivity index (χ0n) is 10.6. The van der Waals surface area contributed by atoms with Crippen molar-refractivity contribution in [2.24, 2.45) is 7.05 Å². The predicted molar refractivity (Wildman–Crippen MR) is 72.9 cm³/mol. The van der Waals surface area contributed by atoms with Gasteiger partial charge in [0, 0.05) is 31.3 Å². The molecule has 3 rings (SSSR count). The summed E-state index contributed by atoms with van der Waals surface area (Å²) in [6.45, 7) is 1.06. The largest absolute Gasteiger partial charge is 0.371 e. The van der Waals surface area contributed by atoms with Gasteiger partial charge in [0.25, 0.3) is 0 Å². The molecule has 0 fully saturated rings. The number of hydrogen-bond donors (Lipinski definition) is 1. The highest BCUT2D eigenvalue weighted by Gasteiger charge is 2.22. The second-order valence-electron chi connectivity index (χ2n) is 5.08. The molecule has 0 saturated carbocycles. The molecular weight excluding hydrogens is 224 g/mol. The fourth-order valence-electron chi connectivity index (χ4n) is 2.99. The Morgan fingerprint density at radius 2 is 2.39 bits per heavy atom. The van der Waals surface area contributed by atoms with Gasteiger partial charge in [0.15, 0.2) is 0 Å². The van der Waals surface area contributed by atoms with Gasteiger partial charge in [-0.05, 0) is 30.4 Å². The van der Waals surface area contributed by atoms with Crippen LogP contribution in [0.2, 0.25) is 0 Å². The van der Waals surface area contributed by atoms with E-state index in [2.05, 4.69) is 35.3 Å². The maximum Gasteiger partial charge on any atom is 0.149 e. The van der Waals surface area contributed by atoms with Gasteiger partial charge in [-0.1, -0.05) is 18.2 Å². The number of nitrogens with zero attached hydrogens (tertiary/aromatic N) is 1. The minimum absolute atomic E-state index is 0.352. The molecule has 94 valence electrons. The van der Waals surface area contributed by atoms with Gasteiger partial charge in [-0.3, -0.25) is 4.79 Å². The lowest BCUT2D eigenvalue weighted by atomic mass is 9.87. The number of aromatic nitrogens is 1. The van der Waals surface area contributed by atoms with Crippen LogP contribution in [0.4, 0.5) is 5.82 Å². The molecule has 1 aromatic rings. The van der Waals surface area contributed by atoms with Crippen LogP contribution in [0.5, 0.6) is 0 Å². The van der Waals surface area contributed by atoms with E-state index in [4.69, 9.17) is 0 Å². The lowest BCUT2D eigenvalue weighted by Gasteiger charge is -2.20. The number of rotatable bonds is 2. The maximum atomic E-state index is 10.9. The number of fused-ring (bicyclic) bond motifs is 1. The summed E-state index contributed by atoms with van der Waals surface area (Å²) in [7, 11) is 2.09. The summed E-state index contributed by atoms with van der Waals surface area (Å²) >= 11 is 0. The van der Waals surface area contributed by atoms with Crippen molar-refractivity contribution in [1.29, 1.82) is 0 Å². The first-order valence-corrected chi connectivity index (χ1v) is 6.55. The monoisotopic (exact) mass is 242 g/mol. The van der Waals surface area contributed by atoms with Gasteiger partial charge in [-0.2, -0.15) is 0 Å². The van der Waals surface area contributed by atoms with Gasteiger partial charge in [0.1, 0.15) is 12.1 Å². The van der Waals surface area contributed by atoms with Gasteiger partial charge in [-0.15, -0.1) is 0 Å². The van der Waals surface area contributed by atoms with Crippen LogP contribution in [0.3, 0.4) is 0 Å². The minimum Gasteiger partial charge on any atom is -0.371 e. The second-order valence-corrected chi connectivity index (χ2v) is 5.08. The molecule has 0 amide bonds. The molecule has 1 N–H and O–H groups in total. The van der Waals surface area contributed by atoms with Crippen molar-refractivity contribution in [3.63, 3.8) is 0 Å². The van der Waals surface area contributed by atoms with Crippen LogP contribution in [-0.2, 0) is 18.3 Å². The summed E-state index contributed by atoms with van der Waals surface area (Å²) in [5, 5.41) is 3.47. The molecule has 2 heterocycles. The second kappa shape index (κ2) is 4.48. The predicted octanol–water partition coefficient (Wildman–Crippen LogP) is 2.55. The smallest absolute Gasteiger partial charge is 0.149 e. The number of allylic oxidation sites excluding steroid dienone is 4. The molecule has 0 bridgehead atoms. The van der Waals surface area contributed by atoms with Crippen molar-refractivity contribution in [1.82, 2.24) is 4.57 Å². The Morgan fingerprint density at radius 3 is 3.22 bits per heavy atom. The number of carbonyl (C=O) groups excluding carboxylic acids is 1. The third-order valence-corrected chi connectivity index (χ3v) is 3.85. The van der Waals surface area contributed by atoms with Crippen molar-refractivity contribution in [3.8, 4) is 0 Å². The molecule has 1 unspecified atom stereocenters. The van der Waals surface area contributed by atoms with E-state index in [0.29, 0.717) is 5.92 Å². The van der Waals surface area contributed by atoms with E-state index >= 15 is 0 Å². The molecule has 0 radical (unpaired) electrons. The first-order valence-electron chi connectivity index (χ1n) is 6.55. The fraction of sp³-hybridized carbons (Fsp3) is 0.400. The summed E-state index contributed by atoms with van der Waals surface area (Å²) in [4.78, 5) is 10.9. The Balaban J connectivity index is 2.00. The van der Waals surface area contributed by atoms with Crippen LogP contribution in [0.1, 0.15) is 29.9 Å². The van der Waals surface area contributed by atoms with E-state index < -0.39 is 0 Å². The van der Waals surface area contributed by atoms with Gasteiger partial charge in [0.2, 0.25) is 0 Å². The first-order chi connectivity index (χ1) is 8.79. The Hall–Kier alpha value is -1.77. The van der Waals surface area contributed by atoms with E-state index in [1.807, 2.05) is 6.08 Å². The molecule has 0 aromatic carbocycles. The molecule has 3 heteroatoms. The number of aryl methyl sites for hydroxylation is 1. The van der Waals surface area contributed by atoms with E-state index in [0.717, 1.165) is 31.2 Å². The van der Waals surface area contributed by atoms with Crippen LogP contribution in [0.15, 0.2) is 30.0 Å². The van der Waals surface area contributed by atoms with Crippen LogP contribution in [0.25, 0.3) is 0 Å². The number of aldehydes is 1. The number of nitrogens with one attached hydrogen (secondary N) is 1. The molecule has 1 aromatic heterocycles. The van der Waals surface area contributed by atoms with Crippen LogP contribution in [0, 0.1) is 0 Å². The molecule has 3 nitrogen and oxygen atoms in total. The van der Waals surface area contributed by atoms with Crippen LogP contribution >= 0.6 is 0 Å². The number of anilines is 1. The Labute approximate surface area is 107 Å². The molecule has 1 aliphatic carbocycles. The number of hydrogen-bond acceptors (Lipinski definition) is 2. The average Bonchev–Trinajstić information content (AvgIpc) is 2.77. The van der Waals surface area contributed by atoms with Gasteiger partial charge >= 0.3 is 0 Å². The summed E-state index contributed by atoms with van der Waals surface area (Å²) in [5.74, 6) is 1.61. The normalized spacial score (nSPS) is 22.1. The van der Waals surface area contributed by atoms with E-state index in [1.165, 1.54) is 23.4 Å². The van der Waals surface area contributed by atoms with E-state index in [-0.39, 0.29) is 0 Å². The molecule has 0 spiro atoms. The maximum absolute atomic E-state index is 10.9. The highest BCUT2D eigenvalue weighted by molar-refractivity contribution is 5.78. The molecular formula is C15H18N2O. The fourth-order valence-corrected chi connectivity index (χ4v) is 2.99. The Bertz CT molecular complexity index is 537. The lowest BCUT2D eigenvalue weighted by Crippen LogP contribution is -2.14. The highest BCUT2D eigenvalue weighted by atomic mass is 16.1. The van der Waals surface area contributed by atoms with Gasteiger partial charge < -0.3 is 9.88 Å². The minimum atomic E-state index is 0.352. The molecule has 0 saturated heterocycles. The highest BCUT2D eigenvalue weighted by Crippen LogP contribution is 2.36. The molecule has 1 aliphatic heterocycles. The summed E-state index contributed by atoms with van der Waals surface area (Å²) in [6.07, 6.45) is 12.6. The zero-order valence-corrected chi connectivity index (χ0v) is 10.6. The van der Waals surface area contributed by atoms with Crippen molar-refractivity contribution in [2.75, 3.05) is 11.9 Å². The van der Waals surface area contributed by atoms with Gasteiger partial charge in [0.05, 0.1) is 0 Å². The molecule has 1 atom stereocenters. The van der Waals surface area contributed by atoms with E-state index in [9.17, 15) is 4.79 Å². The quantitative estimate of drug-likeness (QED) is 0.809. The third-order valence-electron chi connectivity index (χ3n) is 3.85. The Kier molecular flexibility index (Phi) is 2.82. The third kappa shape index (κ3) is 1.80. The molecule has 18 heavy (non-hydrogen) atoms. The molecule has 2 aliphatic rings. The van der Waals surface area contributed by atoms with Crippen molar-refractivity contribution in [2.45, 2.75) is 25.2 Å². The lowest BCUT2D eigenvalue weighted by molar-refractivity contribution is -0.104. The topological polar surface area (TPSA) is 34.0 Å². The van der Waals surface area contributed by atoms with E-state index in [1.54, 1.807) is 0 Å². The summed E-state index contributed by atoms with van der Waals surface area (Å²) < 4.78 is 2.18. The zero-order chi connectivity index (χ0) is 12.5. The summed E-state index contributed by atoms with van der Waals surface area (Å²) in [6, 6.07) is 0. The van der Waals surface area contributed by atoms with Crippen molar-refractivity contribution >= 4 is 12.1 Å². The average molecular weight is 242 g/mol.